The molecule has 1 fully saturated rings. The van der Waals surface area contributed by atoms with Crippen molar-refractivity contribution in [3.8, 4) is 11.5 Å². The molecule has 3 N–H and O–H groups in total. The highest BCUT2D eigenvalue weighted by atomic mass is 16.3. The Hall–Kier alpha value is -1.22. The second kappa shape index (κ2) is 4.74. The van der Waals surface area contributed by atoms with E-state index in [4.69, 9.17) is 0 Å². The van der Waals surface area contributed by atoms with Crippen molar-refractivity contribution in [1.82, 2.24) is 5.32 Å². The van der Waals surface area contributed by atoms with Crippen LogP contribution in [0, 0.1) is 12.8 Å². The van der Waals surface area contributed by atoms with E-state index in [-0.39, 0.29) is 11.5 Å². The fourth-order valence-corrected chi connectivity index (χ4v) is 2.32. The third-order valence-electron chi connectivity index (χ3n) is 3.39. The zero-order valence-corrected chi connectivity index (χ0v) is 9.66. The zero-order valence-electron chi connectivity index (χ0n) is 9.66. The van der Waals surface area contributed by atoms with Gasteiger partial charge in [0.05, 0.1) is 0 Å². The van der Waals surface area contributed by atoms with E-state index >= 15 is 0 Å². The Bertz CT molecular complexity index is 370. The van der Waals surface area contributed by atoms with Gasteiger partial charge in [-0.05, 0) is 56.8 Å². The SMILES string of the molecule is Cc1c(O)ccc(CC2CCCNC2)c1O. The third-order valence-corrected chi connectivity index (χ3v) is 3.39. The van der Waals surface area contributed by atoms with Crippen LogP contribution >= 0.6 is 0 Å². The van der Waals surface area contributed by atoms with Crippen molar-refractivity contribution in [1.29, 1.82) is 0 Å². The van der Waals surface area contributed by atoms with E-state index in [0.29, 0.717) is 11.5 Å². The Balaban J connectivity index is 2.11. The lowest BCUT2D eigenvalue weighted by atomic mass is 9.91. The van der Waals surface area contributed by atoms with Gasteiger partial charge in [-0.15, -0.1) is 0 Å². The molecule has 3 nitrogen and oxygen atoms in total. The van der Waals surface area contributed by atoms with Crippen molar-refractivity contribution in [3.05, 3.63) is 23.3 Å². The summed E-state index contributed by atoms with van der Waals surface area (Å²) in [5.41, 5.74) is 1.53. The first-order valence-corrected chi connectivity index (χ1v) is 5.89. The Labute approximate surface area is 96.1 Å². The summed E-state index contributed by atoms with van der Waals surface area (Å²) in [5, 5.41) is 22.8. The van der Waals surface area contributed by atoms with Crippen molar-refractivity contribution in [2.75, 3.05) is 13.1 Å². The van der Waals surface area contributed by atoms with Crippen molar-refractivity contribution < 1.29 is 10.2 Å². The summed E-state index contributed by atoms with van der Waals surface area (Å²) in [6.45, 7) is 3.88. The molecule has 1 heterocycles. The highest BCUT2D eigenvalue weighted by Crippen LogP contribution is 2.31. The molecular weight excluding hydrogens is 202 g/mol. The maximum absolute atomic E-state index is 9.93. The molecule has 16 heavy (non-hydrogen) atoms. The smallest absolute Gasteiger partial charge is 0.125 e. The highest BCUT2D eigenvalue weighted by Gasteiger charge is 2.16. The van der Waals surface area contributed by atoms with Gasteiger partial charge in [-0.25, -0.2) is 0 Å². The quantitative estimate of drug-likeness (QED) is 0.715. The summed E-state index contributed by atoms with van der Waals surface area (Å²) in [6.07, 6.45) is 3.31. The molecule has 0 spiro atoms. The molecule has 1 aromatic carbocycles. The summed E-state index contributed by atoms with van der Waals surface area (Å²) in [6, 6.07) is 3.49. The van der Waals surface area contributed by atoms with Crippen LogP contribution in [0.1, 0.15) is 24.0 Å². The van der Waals surface area contributed by atoms with Crippen LogP contribution in [0.25, 0.3) is 0 Å². The normalized spacial score (nSPS) is 20.9. The van der Waals surface area contributed by atoms with Gasteiger partial charge in [0.15, 0.2) is 0 Å². The number of benzene rings is 1. The van der Waals surface area contributed by atoms with Gasteiger partial charge in [-0.3, -0.25) is 0 Å². The lowest BCUT2D eigenvalue weighted by Crippen LogP contribution is -2.30. The number of hydrogen-bond donors (Lipinski definition) is 3. The third kappa shape index (κ3) is 2.30. The van der Waals surface area contributed by atoms with Gasteiger partial charge in [-0.2, -0.15) is 0 Å². The second-order valence-electron chi connectivity index (χ2n) is 4.63. The first kappa shape index (κ1) is 11.3. The summed E-state index contributed by atoms with van der Waals surface area (Å²) in [7, 11) is 0. The van der Waals surface area contributed by atoms with E-state index in [1.54, 1.807) is 13.0 Å². The molecule has 0 amide bonds. The van der Waals surface area contributed by atoms with Crippen molar-refractivity contribution in [2.45, 2.75) is 26.2 Å². The Morgan fingerprint density at radius 3 is 2.88 bits per heavy atom. The molecule has 1 aliphatic rings. The molecule has 1 atom stereocenters. The lowest BCUT2D eigenvalue weighted by Gasteiger charge is -2.23. The first-order chi connectivity index (χ1) is 7.68. The van der Waals surface area contributed by atoms with E-state index < -0.39 is 0 Å². The van der Waals surface area contributed by atoms with Crippen LogP contribution in [-0.4, -0.2) is 23.3 Å². The molecule has 0 aromatic heterocycles. The summed E-state index contributed by atoms with van der Waals surface area (Å²) < 4.78 is 0. The molecule has 88 valence electrons. The van der Waals surface area contributed by atoms with E-state index in [0.717, 1.165) is 25.1 Å². The molecule has 3 heteroatoms. The van der Waals surface area contributed by atoms with Crippen molar-refractivity contribution >= 4 is 0 Å². The Kier molecular flexibility index (Phi) is 3.34. The van der Waals surface area contributed by atoms with Crippen LogP contribution in [0.3, 0.4) is 0 Å². The fourth-order valence-electron chi connectivity index (χ4n) is 2.32. The zero-order chi connectivity index (χ0) is 11.5. The topological polar surface area (TPSA) is 52.5 Å². The minimum absolute atomic E-state index is 0.169. The van der Waals surface area contributed by atoms with Crippen LogP contribution < -0.4 is 5.32 Å². The largest absolute Gasteiger partial charge is 0.508 e. The Morgan fingerprint density at radius 1 is 1.38 bits per heavy atom. The second-order valence-corrected chi connectivity index (χ2v) is 4.63. The molecule has 0 saturated carbocycles. The molecule has 1 unspecified atom stereocenters. The highest BCUT2D eigenvalue weighted by molar-refractivity contribution is 5.47. The Morgan fingerprint density at radius 2 is 2.19 bits per heavy atom. The van der Waals surface area contributed by atoms with Gasteiger partial charge in [0.25, 0.3) is 0 Å². The summed E-state index contributed by atoms with van der Waals surface area (Å²) in [4.78, 5) is 0. The minimum Gasteiger partial charge on any atom is -0.508 e. The van der Waals surface area contributed by atoms with Crippen LogP contribution in [0.4, 0.5) is 0 Å². The van der Waals surface area contributed by atoms with E-state index in [9.17, 15) is 10.2 Å². The number of aromatic hydroxyl groups is 2. The standard InChI is InChI=1S/C13H19NO2/c1-9-12(15)5-4-11(13(9)16)7-10-3-2-6-14-8-10/h4-5,10,14-16H,2-3,6-8H2,1H3. The minimum atomic E-state index is 0.169. The maximum Gasteiger partial charge on any atom is 0.125 e. The molecule has 0 aliphatic carbocycles. The van der Waals surface area contributed by atoms with Crippen LogP contribution in [0.15, 0.2) is 12.1 Å². The number of piperidine rings is 1. The van der Waals surface area contributed by atoms with Crippen LogP contribution in [0.5, 0.6) is 11.5 Å². The van der Waals surface area contributed by atoms with Gasteiger partial charge < -0.3 is 15.5 Å². The van der Waals surface area contributed by atoms with E-state index in [1.165, 1.54) is 12.8 Å². The average Bonchev–Trinajstić information content (AvgIpc) is 2.31. The first-order valence-electron chi connectivity index (χ1n) is 5.89. The average molecular weight is 221 g/mol. The fraction of sp³-hybridized carbons (Fsp3) is 0.538. The van der Waals surface area contributed by atoms with Crippen molar-refractivity contribution in [3.63, 3.8) is 0 Å². The number of phenolic OH excluding ortho intramolecular Hbond substituents is 2. The van der Waals surface area contributed by atoms with Crippen molar-refractivity contribution in [2.24, 2.45) is 5.92 Å². The van der Waals surface area contributed by atoms with Gasteiger partial charge in [0.1, 0.15) is 11.5 Å². The van der Waals surface area contributed by atoms with E-state index in [1.807, 2.05) is 6.07 Å². The number of phenols is 2. The van der Waals surface area contributed by atoms with Gasteiger partial charge in [-0.1, -0.05) is 6.07 Å². The molecule has 2 rings (SSSR count). The van der Waals surface area contributed by atoms with Crippen LogP contribution in [-0.2, 0) is 6.42 Å². The molecule has 1 aromatic rings. The summed E-state index contributed by atoms with van der Waals surface area (Å²) >= 11 is 0. The lowest BCUT2D eigenvalue weighted by molar-refractivity contribution is 0.368. The van der Waals surface area contributed by atoms with Gasteiger partial charge in [0, 0.05) is 5.56 Å². The molecule has 1 aliphatic heterocycles. The number of hydrogen-bond acceptors (Lipinski definition) is 3. The predicted octanol–water partition coefficient (Wildman–Crippen LogP) is 1.95. The summed E-state index contributed by atoms with van der Waals surface area (Å²) in [5.74, 6) is 1.03. The molecule has 1 saturated heterocycles. The number of rotatable bonds is 2. The maximum atomic E-state index is 9.93. The predicted molar refractivity (Wildman–Crippen MR) is 63.8 cm³/mol. The van der Waals surface area contributed by atoms with Gasteiger partial charge >= 0.3 is 0 Å². The van der Waals surface area contributed by atoms with E-state index in [2.05, 4.69) is 5.32 Å². The monoisotopic (exact) mass is 221 g/mol. The molecule has 0 radical (unpaired) electrons. The van der Waals surface area contributed by atoms with Crippen LogP contribution in [0.2, 0.25) is 0 Å². The van der Waals surface area contributed by atoms with Gasteiger partial charge in [0.2, 0.25) is 0 Å². The number of nitrogens with one attached hydrogen (secondary N) is 1. The molecular formula is C13H19NO2. The molecule has 0 bridgehead atoms.